The number of nitrogens with zero attached hydrogens (tertiary/aromatic N) is 1. The molecule has 0 aromatic rings. The first kappa shape index (κ1) is 10.9. The van der Waals surface area contributed by atoms with E-state index in [4.69, 9.17) is 4.74 Å². The SMILES string of the molecule is CC(C)C1C2NCCOC2CC(=O)N1C. The Hall–Kier alpha value is -0.610. The molecule has 0 aromatic carbocycles. The van der Waals surface area contributed by atoms with E-state index in [1.807, 2.05) is 11.9 Å². The van der Waals surface area contributed by atoms with Gasteiger partial charge in [0.05, 0.1) is 31.2 Å². The molecule has 1 amide bonds. The van der Waals surface area contributed by atoms with Crippen LogP contribution in [-0.4, -0.2) is 49.2 Å². The number of likely N-dealkylation sites (N-methyl/N-ethyl adjacent to an activating group) is 1. The minimum absolute atomic E-state index is 0.0786. The number of likely N-dealkylation sites (tertiary alicyclic amines) is 1. The van der Waals surface area contributed by atoms with Crippen LogP contribution in [0.3, 0.4) is 0 Å². The zero-order chi connectivity index (χ0) is 11.0. The molecule has 2 aliphatic rings. The molecule has 2 rings (SSSR count). The van der Waals surface area contributed by atoms with E-state index in [0.717, 1.165) is 13.2 Å². The van der Waals surface area contributed by atoms with E-state index in [0.29, 0.717) is 18.4 Å². The normalized spacial score (nSPS) is 36.9. The average Bonchev–Trinajstić information content (AvgIpc) is 2.19. The summed E-state index contributed by atoms with van der Waals surface area (Å²) in [4.78, 5) is 13.7. The molecular formula is C11H20N2O2. The highest BCUT2D eigenvalue weighted by Crippen LogP contribution is 2.26. The Bertz CT molecular complexity index is 255. The lowest BCUT2D eigenvalue weighted by molar-refractivity contribution is -0.149. The zero-order valence-corrected chi connectivity index (χ0v) is 9.69. The third-order valence-electron chi connectivity index (χ3n) is 3.48. The molecule has 0 spiro atoms. The van der Waals surface area contributed by atoms with Crippen LogP contribution in [0.2, 0.25) is 0 Å². The van der Waals surface area contributed by atoms with Gasteiger partial charge in [0.15, 0.2) is 0 Å². The molecule has 0 radical (unpaired) electrons. The summed E-state index contributed by atoms with van der Waals surface area (Å²) in [6, 6.07) is 0.568. The van der Waals surface area contributed by atoms with Gasteiger partial charge < -0.3 is 15.0 Å². The minimum Gasteiger partial charge on any atom is -0.375 e. The van der Waals surface area contributed by atoms with Gasteiger partial charge >= 0.3 is 0 Å². The third kappa shape index (κ3) is 1.88. The summed E-state index contributed by atoms with van der Waals surface area (Å²) in [7, 11) is 1.90. The maximum Gasteiger partial charge on any atom is 0.225 e. The van der Waals surface area contributed by atoms with Crippen LogP contribution >= 0.6 is 0 Å². The number of morpholine rings is 1. The molecular weight excluding hydrogens is 192 g/mol. The molecule has 0 aliphatic carbocycles. The molecule has 2 fully saturated rings. The van der Waals surface area contributed by atoms with Gasteiger partial charge in [0.1, 0.15) is 0 Å². The number of carbonyl (C=O) groups excluding carboxylic acids is 1. The molecule has 0 bridgehead atoms. The van der Waals surface area contributed by atoms with E-state index < -0.39 is 0 Å². The number of nitrogens with one attached hydrogen (secondary N) is 1. The van der Waals surface area contributed by atoms with Crippen molar-refractivity contribution in [2.75, 3.05) is 20.2 Å². The van der Waals surface area contributed by atoms with Gasteiger partial charge in [-0.25, -0.2) is 0 Å². The van der Waals surface area contributed by atoms with Crippen LogP contribution in [0.4, 0.5) is 0 Å². The maximum atomic E-state index is 11.8. The predicted octanol–water partition coefficient (Wildman–Crippen LogP) is 0.230. The maximum absolute atomic E-state index is 11.8. The Labute approximate surface area is 91.0 Å². The summed E-state index contributed by atoms with van der Waals surface area (Å²) < 4.78 is 5.67. The quantitative estimate of drug-likeness (QED) is 0.676. The minimum atomic E-state index is 0.0786. The fourth-order valence-corrected chi connectivity index (χ4v) is 2.78. The van der Waals surface area contributed by atoms with Crippen LogP contribution in [-0.2, 0) is 9.53 Å². The summed E-state index contributed by atoms with van der Waals surface area (Å²) in [5.41, 5.74) is 0. The van der Waals surface area contributed by atoms with Crippen molar-refractivity contribution in [2.45, 2.75) is 38.5 Å². The summed E-state index contributed by atoms with van der Waals surface area (Å²) in [5.74, 6) is 0.666. The first-order chi connectivity index (χ1) is 7.11. The number of rotatable bonds is 1. The van der Waals surface area contributed by atoms with Gasteiger partial charge in [-0.1, -0.05) is 13.8 Å². The van der Waals surface area contributed by atoms with Gasteiger partial charge in [0.2, 0.25) is 5.91 Å². The summed E-state index contributed by atoms with van der Waals surface area (Å²) in [6.45, 7) is 5.94. The number of carbonyl (C=O) groups is 1. The largest absolute Gasteiger partial charge is 0.375 e. The molecule has 3 atom stereocenters. The number of amides is 1. The van der Waals surface area contributed by atoms with Crippen molar-refractivity contribution in [1.29, 1.82) is 0 Å². The fourth-order valence-electron chi connectivity index (χ4n) is 2.78. The van der Waals surface area contributed by atoms with Gasteiger partial charge in [-0.3, -0.25) is 4.79 Å². The second kappa shape index (κ2) is 4.10. The highest BCUT2D eigenvalue weighted by Gasteiger charge is 2.43. The van der Waals surface area contributed by atoms with Gasteiger partial charge in [0, 0.05) is 13.6 Å². The Kier molecular flexibility index (Phi) is 2.98. The number of ether oxygens (including phenoxy) is 1. The van der Waals surface area contributed by atoms with E-state index in [9.17, 15) is 4.79 Å². The number of piperidine rings is 1. The number of fused-ring (bicyclic) bond motifs is 1. The fraction of sp³-hybridized carbons (Fsp3) is 0.909. The average molecular weight is 212 g/mol. The van der Waals surface area contributed by atoms with Crippen molar-refractivity contribution in [1.82, 2.24) is 10.2 Å². The summed E-state index contributed by atoms with van der Waals surface area (Å²) in [6.07, 6.45) is 0.604. The number of hydrogen-bond donors (Lipinski definition) is 1. The lowest BCUT2D eigenvalue weighted by atomic mass is 9.85. The lowest BCUT2D eigenvalue weighted by Crippen LogP contribution is -2.66. The second-order valence-electron chi connectivity index (χ2n) is 4.83. The van der Waals surface area contributed by atoms with E-state index >= 15 is 0 Å². The highest BCUT2D eigenvalue weighted by atomic mass is 16.5. The molecule has 2 saturated heterocycles. The van der Waals surface area contributed by atoms with Crippen LogP contribution < -0.4 is 5.32 Å². The standard InChI is InChI=1S/C11H20N2O2/c1-7(2)11-10-8(15-5-4-12-10)6-9(14)13(11)3/h7-8,10-12H,4-6H2,1-3H3. The molecule has 4 nitrogen and oxygen atoms in total. The molecule has 2 aliphatic heterocycles. The summed E-state index contributed by atoms with van der Waals surface area (Å²) >= 11 is 0. The molecule has 1 N–H and O–H groups in total. The monoisotopic (exact) mass is 212 g/mol. The molecule has 0 saturated carbocycles. The first-order valence-corrected chi connectivity index (χ1v) is 5.72. The van der Waals surface area contributed by atoms with Gasteiger partial charge in [0.25, 0.3) is 0 Å². The van der Waals surface area contributed by atoms with Crippen molar-refractivity contribution < 1.29 is 9.53 Å². The van der Waals surface area contributed by atoms with E-state index in [1.54, 1.807) is 0 Å². The molecule has 15 heavy (non-hydrogen) atoms. The Morgan fingerprint density at radius 2 is 2.27 bits per heavy atom. The topological polar surface area (TPSA) is 41.6 Å². The lowest BCUT2D eigenvalue weighted by Gasteiger charge is -2.47. The van der Waals surface area contributed by atoms with Crippen molar-refractivity contribution in [3.05, 3.63) is 0 Å². The van der Waals surface area contributed by atoms with Crippen molar-refractivity contribution in [3.63, 3.8) is 0 Å². The molecule has 4 heteroatoms. The number of hydrogen-bond acceptors (Lipinski definition) is 3. The van der Waals surface area contributed by atoms with Gasteiger partial charge in [-0.05, 0) is 5.92 Å². The Morgan fingerprint density at radius 1 is 1.53 bits per heavy atom. The highest BCUT2D eigenvalue weighted by molar-refractivity contribution is 5.78. The smallest absolute Gasteiger partial charge is 0.225 e. The Balaban J connectivity index is 2.19. The van der Waals surface area contributed by atoms with Crippen LogP contribution in [0.1, 0.15) is 20.3 Å². The zero-order valence-electron chi connectivity index (χ0n) is 9.69. The van der Waals surface area contributed by atoms with Crippen molar-refractivity contribution >= 4 is 5.91 Å². The molecule has 86 valence electrons. The van der Waals surface area contributed by atoms with Crippen molar-refractivity contribution in [2.24, 2.45) is 5.92 Å². The van der Waals surface area contributed by atoms with Crippen LogP contribution in [0.25, 0.3) is 0 Å². The van der Waals surface area contributed by atoms with Crippen molar-refractivity contribution in [3.8, 4) is 0 Å². The van der Waals surface area contributed by atoms with Crippen LogP contribution in [0.5, 0.6) is 0 Å². The second-order valence-corrected chi connectivity index (χ2v) is 4.83. The van der Waals surface area contributed by atoms with E-state index in [2.05, 4.69) is 19.2 Å². The van der Waals surface area contributed by atoms with E-state index in [1.165, 1.54) is 0 Å². The Morgan fingerprint density at radius 3 is 2.93 bits per heavy atom. The molecule has 2 heterocycles. The van der Waals surface area contributed by atoms with E-state index in [-0.39, 0.29) is 18.1 Å². The third-order valence-corrected chi connectivity index (χ3v) is 3.48. The molecule has 0 aromatic heterocycles. The van der Waals surface area contributed by atoms with Crippen LogP contribution in [0, 0.1) is 5.92 Å². The molecule has 3 unspecified atom stereocenters. The van der Waals surface area contributed by atoms with Crippen LogP contribution in [0.15, 0.2) is 0 Å². The van der Waals surface area contributed by atoms with Gasteiger partial charge in [-0.15, -0.1) is 0 Å². The summed E-state index contributed by atoms with van der Waals surface area (Å²) in [5, 5.41) is 3.48. The van der Waals surface area contributed by atoms with Gasteiger partial charge in [-0.2, -0.15) is 0 Å². The first-order valence-electron chi connectivity index (χ1n) is 5.72. The predicted molar refractivity (Wildman–Crippen MR) is 57.5 cm³/mol.